The van der Waals surface area contributed by atoms with Gasteiger partial charge < -0.3 is 14.5 Å². The van der Waals surface area contributed by atoms with Gasteiger partial charge in [-0.2, -0.15) is 0 Å². The van der Waals surface area contributed by atoms with E-state index < -0.39 is 0 Å². The number of aromatic amines is 1. The third-order valence-electron chi connectivity index (χ3n) is 6.34. The van der Waals surface area contributed by atoms with Crippen LogP contribution in [0.2, 0.25) is 0 Å². The van der Waals surface area contributed by atoms with Gasteiger partial charge in [0, 0.05) is 16.0 Å². The van der Waals surface area contributed by atoms with Crippen molar-refractivity contribution in [1.82, 2.24) is 4.98 Å². The van der Waals surface area contributed by atoms with E-state index in [0.717, 1.165) is 16.9 Å². The first-order valence-corrected chi connectivity index (χ1v) is 11.6. The van der Waals surface area contributed by atoms with Crippen molar-refractivity contribution in [1.29, 1.82) is 0 Å². The van der Waals surface area contributed by atoms with Gasteiger partial charge in [0.25, 0.3) is 0 Å². The summed E-state index contributed by atoms with van der Waals surface area (Å²) in [7, 11) is 0. The molecule has 28 heavy (non-hydrogen) atoms. The lowest BCUT2D eigenvalue weighted by atomic mass is 9.75. The van der Waals surface area contributed by atoms with E-state index in [9.17, 15) is 9.59 Å². The van der Waals surface area contributed by atoms with Gasteiger partial charge >= 0.3 is 10.8 Å². The van der Waals surface area contributed by atoms with Crippen molar-refractivity contribution >= 4 is 29.1 Å². The molecule has 5 atom stereocenters. The Morgan fingerprint density at radius 3 is 3.00 bits per heavy atom. The van der Waals surface area contributed by atoms with Crippen LogP contribution in [0.15, 0.2) is 34.1 Å². The zero-order valence-electron chi connectivity index (χ0n) is 15.7. The second kappa shape index (κ2) is 7.26. The molecule has 1 N–H and O–H groups in total. The van der Waals surface area contributed by atoms with Gasteiger partial charge in [0.2, 0.25) is 0 Å². The molecule has 7 heteroatoms. The van der Waals surface area contributed by atoms with Crippen LogP contribution in [0.5, 0.6) is 5.75 Å². The summed E-state index contributed by atoms with van der Waals surface area (Å²) in [6.07, 6.45) is 3.94. The summed E-state index contributed by atoms with van der Waals surface area (Å²) in [4.78, 5) is 28.0. The molecule has 2 bridgehead atoms. The van der Waals surface area contributed by atoms with Crippen molar-refractivity contribution in [2.75, 3.05) is 13.2 Å². The molecule has 2 heterocycles. The number of rotatable bonds is 5. The second-order valence-electron chi connectivity index (χ2n) is 7.84. The number of thioether (sulfide) groups is 1. The van der Waals surface area contributed by atoms with Crippen molar-refractivity contribution in [3.05, 3.63) is 44.4 Å². The number of esters is 1. The molecular weight excluding hydrogens is 394 g/mol. The van der Waals surface area contributed by atoms with E-state index in [0.29, 0.717) is 23.5 Å². The number of carbonyl (C=O) groups excluding carboxylic acids is 1. The summed E-state index contributed by atoms with van der Waals surface area (Å²) >= 11 is 3.25. The number of H-pyrrole nitrogens is 1. The van der Waals surface area contributed by atoms with Gasteiger partial charge in [-0.1, -0.05) is 23.5 Å². The van der Waals surface area contributed by atoms with E-state index in [-0.39, 0.29) is 23.4 Å². The normalized spacial score (nSPS) is 30.0. The molecule has 3 aliphatic rings. The molecule has 2 saturated carbocycles. The Labute approximate surface area is 171 Å². The molecule has 2 aromatic rings. The number of benzene rings is 1. The van der Waals surface area contributed by atoms with Crippen LogP contribution in [0.1, 0.15) is 42.5 Å². The Hall–Kier alpha value is -1.73. The van der Waals surface area contributed by atoms with Crippen molar-refractivity contribution in [2.24, 2.45) is 17.8 Å². The fourth-order valence-corrected chi connectivity index (χ4v) is 8.26. The Balaban J connectivity index is 1.48. The Kier molecular flexibility index (Phi) is 4.75. The molecule has 0 amide bonds. The first kappa shape index (κ1) is 18.3. The van der Waals surface area contributed by atoms with E-state index in [1.54, 1.807) is 6.92 Å². The molecule has 5 nitrogen and oxygen atoms in total. The van der Waals surface area contributed by atoms with Crippen LogP contribution in [0, 0.1) is 17.8 Å². The monoisotopic (exact) mass is 417 g/mol. The number of aromatic nitrogens is 1. The van der Waals surface area contributed by atoms with Crippen molar-refractivity contribution in [3.8, 4) is 5.75 Å². The molecule has 1 aromatic heterocycles. The molecule has 148 valence electrons. The molecule has 2 aliphatic carbocycles. The minimum atomic E-state index is -0.360. The number of thiazole rings is 1. The summed E-state index contributed by atoms with van der Waals surface area (Å²) < 4.78 is 10.6. The lowest BCUT2D eigenvalue weighted by molar-refractivity contribution is -0.145. The van der Waals surface area contributed by atoms with Crippen LogP contribution in [-0.4, -0.2) is 29.4 Å². The van der Waals surface area contributed by atoms with E-state index in [1.165, 1.54) is 41.0 Å². The van der Waals surface area contributed by atoms with Gasteiger partial charge in [-0.25, -0.2) is 4.79 Å². The maximum absolute atomic E-state index is 12.1. The number of fused-ring (bicyclic) bond motifs is 6. The lowest BCUT2D eigenvalue weighted by Gasteiger charge is -2.40. The standard InChI is InChI=1S/C21H23NO4S2/c1-2-25-15(23)10-26-14-5-3-4-11(9-14)17-16-12-6-7-13(8-12)18(16)27-20-19(17)28-21(24)22-20/h3-5,9,12-13,16-18H,2,6-8,10H2,1H3,(H,22,24)/t12?,13?,16?,17-,18?/m1/s1. The topological polar surface area (TPSA) is 68.4 Å². The number of ether oxygens (including phenoxy) is 2. The predicted octanol–water partition coefficient (Wildman–Crippen LogP) is 4.03. The van der Waals surface area contributed by atoms with Crippen LogP contribution >= 0.6 is 23.1 Å². The molecule has 1 aromatic carbocycles. The van der Waals surface area contributed by atoms with Crippen LogP contribution in [0.3, 0.4) is 0 Å². The highest BCUT2D eigenvalue weighted by Crippen LogP contribution is 2.63. The van der Waals surface area contributed by atoms with Gasteiger partial charge in [-0.3, -0.25) is 4.79 Å². The highest BCUT2D eigenvalue weighted by molar-refractivity contribution is 8.00. The second-order valence-corrected chi connectivity index (χ2v) is 10.0. The number of nitrogens with one attached hydrogen (secondary N) is 1. The van der Waals surface area contributed by atoms with Gasteiger partial charge in [0.1, 0.15) is 5.75 Å². The fraction of sp³-hybridized carbons (Fsp3) is 0.524. The minimum absolute atomic E-state index is 0.0320. The van der Waals surface area contributed by atoms with E-state index in [2.05, 4.69) is 11.1 Å². The van der Waals surface area contributed by atoms with Gasteiger partial charge in [0.15, 0.2) is 6.61 Å². The maximum atomic E-state index is 12.1. The summed E-state index contributed by atoms with van der Waals surface area (Å²) in [5, 5.41) is 1.65. The number of hydrogen-bond donors (Lipinski definition) is 1. The van der Waals surface area contributed by atoms with Gasteiger partial charge in [0.05, 0.1) is 11.6 Å². The quantitative estimate of drug-likeness (QED) is 0.744. The maximum Gasteiger partial charge on any atom is 0.344 e. The smallest absolute Gasteiger partial charge is 0.344 e. The Bertz CT molecular complexity index is 952. The van der Waals surface area contributed by atoms with Crippen molar-refractivity contribution in [3.63, 3.8) is 0 Å². The highest BCUT2D eigenvalue weighted by Gasteiger charge is 2.54. The summed E-state index contributed by atoms with van der Waals surface area (Å²) in [6, 6.07) is 8.03. The molecule has 5 rings (SSSR count). The van der Waals surface area contributed by atoms with Crippen molar-refractivity contribution in [2.45, 2.75) is 42.4 Å². The first-order valence-electron chi connectivity index (χ1n) is 9.92. The first-order chi connectivity index (χ1) is 13.6. The zero-order chi connectivity index (χ0) is 19.3. The summed E-state index contributed by atoms with van der Waals surface area (Å²) in [5.74, 6) is 2.62. The van der Waals surface area contributed by atoms with E-state index >= 15 is 0 Å². The summed E-state index contributed by atoms with van der Waals surface area (Å²) in [5.41, 5.74) is 1.18. The lowest BCUT2D eigenvalue weighted by Crippen LogP contribution is -2.33. The third kappa shape index (κ3) is 3.08. The van der Waals surface area contributed by atoms with Crippen LogP contribution in [-0.2, 0) is 9.53 Å². The Morgan fingerprint density at radius 1 is 1.29 bits per heavy atom. The third-order valence-corrected chi connectivity index (χ3v) is 8.97. The fourth-order valence-electron chi connectivity index (χ4n) is 5.37. The van der Waals surface area contributed by atoms with E-state index in [4.69, 9.17) is 9.47 Å². The average Bonchev–Trinajstić information content (AvgIpc) is 3.39. The molecule has 0 spiro atoms. The average molecular weight is 418 g/mol. The molecule has 2 fully saturated rings. The molecular formula is C21H23NO4S2. The Morgan fingerprint density at radius 2 is 2.14 bits per heavy atom. The molecule has 1 aliphatic heterocycles. The van der Waals surface area contributed by atoms with Crippen LogP contribution < -0.4 is 9.61 Å². The SMILES string of the molecule is CCOC(=O)COc1cccc([C@H]2c3sc(=O)[nH]c3SC3C4CCC(C4)C32)c1. The van der Waals surface area contributed by atoms with Gasteiger partial charge in [-0.15, -0.1) is 11.8 Å². The van der Waals surface area contributed by atoms with E-state index in [1.807, 2.05) is 30.0 Å². The van der Waals surface area contributed by atoms with Crippen LogP contribution in [0.25, 0.3) is 0 Å². The highest BCUT2D eigenvalue weighted by atomic mass is 32.2. The minimum Gasteiger partial charge on any atom is -0.482 e. The van der Waals surface area contributed by atoms with Crippen molar-refractivity contribution < 1.29 is 14.3 Å². The number of hydrogen-bond acceptors (Lipinski definition) is 6. The molecule has 0 saturated heterocycles. The largest absolute Gasteiger partial charge is 0.482 e. The molecule has 4 unspecified atom stereocenters. The van der Waals surface area contributed by atoms with Gasteiger partial charge in [-0.05, 0) is 61.6 Å². The zero-order valence-corrected chi connectivity index (χ0v) is 17.3. The summed E-state index contributed by atoms with van der Waals surface area (Å²) in [6.45, 7) is 2.05. The number of carbonyl (C=O) groups is 1. The molecule has 0 radical (unpaired) electrons. The predicted molar refractivity (Wildman–Crippen MR) is 109 cm³/mol. The van der Waals surface area contributed by atoms with Crippen LogP contribution in [0.4, 0.5) is 0 Å².